The molecule has 21 heavy (non-hydrogen) atoms. The van der Waals surface area contributed by atoms with Crippen LogP contribution in [0, 0.1) is 5.41 Å². The van der Waals surface area contributed by atoms with Gasteiger partial charge in [0.2, 0.25) is 0 Å². The number of fused-ring (bicyclic) bond motifs is 1. The van der Waals surface area contributed by atoms with Gasteiger partial charge in [-0.3, -0.25) is 0 Å². The van der Waals surface area contributed by atoms with Crippen LogP contribution in [0.5, 0.6) is 5.75 Å². The lowest BCUT2D eigenvalue weighted by atomic mass is 9.96. The highest BCUT2D eigenvalue weighted by molar-refractivity contribution is 5.87. The second-order valence-corrected chi connectivity index (χ2v) is 6.78. The van der Waals surface area contributed by atoms with Crippen LogP contribution < -0.4 is 10.1 Å². The Morgan fingerprint density at radius 2 is 1.81 bits per heavy atom. The van der Waals surface area contributed by atoms with Crippen LogP contribution in [0.2, 0.25) is 0 Å². The van der Waals surface area contributed by atoms with Crippen LogP contribution in [-0.2, 0) is 6.54 Å². The van der Waals surface area contributed by atoms with Crippen molar-refractivity contribution in [3.05, 3.63) is 42.0 Å². The zero-order chi connectivity index (χ0) is 15.3. The third-order valence-corrected chi connectivity index (χ3v) is 3.42. The molecule has 0 saturated carbocycles. The molecule has 0 heterocycles. The van der Waals surface area contributed by atoms with Crippen molar-refractivity contribution < 1.29 is 4.74 Å². The summed E-state index contributed by atoms with van der Waals surface area (Å²) in [7, 11) is 0. The molecule has 0 bridgehead atoms. The SMILES string of the molecule is CCCOc1ccc2ccccc2c1CNCC(C)(C)C. The molecule has 1 N–H and O–H groups in total. The van der Waals surface area contributed by atoms with Crippen LogP contribution in [0.3, 0.4) is 0 Å². The fourth-order valence-electron chi connectivity index (χ4n) is 2.41. The molecule has 0 unspecified atom stereocenters. The van der Waals surface area contributed by atoms with Gasteiger partial charge in [0.25, 0.3) is 0 Å². The van der Waals surface area contributed by atoms with Crippen LogP contribution in [0.25, 0.3) is 10.8 Å². The van der Waals surface area contributed by atoms with E-state index in [9.17, 15) is 0 Å². The highest BCUT2D eigenvalue weighted by atomic mass is 16.5. The van der Waals surface area contributed by atoms with E-state index in [4.69, 9.17) is 4.74 Å². The predicted octanol–water partition coefficient (Wildman–Crippen LogP) is 4.76. The van der Waals surface area contributed by atoms with E-state index < -0.39 is 0 Å². The van der Waals surface area contributed by atoms with Crippen molar-refractivity contribution in [2.24, 2.45) is 5.41 Å². The van der Waals surface area contributed by atoms with Crippen molar-refractivity contribution >= 4 is 10.8 Å². The summed E-state index contributed by atoms with van der Waals surface area (Å²) >= 11 is 0. The summed E-state index contributed by atoms with van der Waals surface area (Å²) < 4.78 is 5.94. The Balaban J connectivity index is 2.27. The van der Waals surface area contributed by atoms with Gasteiger partial charge in [-0.1, -0.05) is 58.0 Å². The second kappa shape index (κ2) is 6.95. The molecule has 0 aromatic heterocycles. The normalized spacial score (nSPS) is 11.8. The van der Waals surface area contributed by atoms with Gasteiger partial charge >= 0.3 is 0 Å². The Labute approximate surface area is 128 Å². The summed E-state index contributed by atoms with van der Waals surface area (Å²) in [6.45, 7) is 11.5. The average Bonchev–Trinajstić information content (AvgIpc) is 2.45. The van der Waals surface area contributed by atoms with Crippen molar-refractivity contribution in [2.45, 2.75) is 40.7 Å². The Bertz CT molecular complexity index is 584. The Hall–Kier alpha value is -1.54. The molecule has 0 spiro atoms. The summed E-state index contributed by atoms with van der Waals surface area (Å²) in [5.74, 6) is 1.01. The number of rotatable bonds is 6. The summed E-state index contributed by atoms with van der Waals surface area (Å²) in [6.07, 6.45) is 1.03. The average molecular weight is 285 g/mol. The second-order valence-electron chi connectivity index (χ2n) is 6.78. The number of ether oxygens (including phenoxy) is 1. The molecule has 2 rings (SSSR count). The maximum atomic E-state index is 5.94. The molecule has 2 aromatic rings. The lowest BCUT2D eigenvalue weighted by Gasteiger charge is -2.20. The first kappa shape index (κ1) is 15.8. The van der Waals surface area contributed by atoms with Crippen LogP contribution >= 0.6 is 0 Å². The number of nitrogens with one attached hydrogen (secondary N) is 1. The minimum absolute atomic E-state index is 0.287. The van der Waals surface area contributed by atoms with Gasteiger partial charge in [-0.2, -0.15) is 0 Å². The Kier molecular flexibility index (Phi) is 5.24. The largest absolute Gasteiger partial charge is 0.493 e. The fourth-order valence-corrected chi connectivity index (χ4v) is 2.41. The molecule has 114 valence electrons. The minimum Gasteiger partial charge on any atom is -0.493 e. The molecule has 2 aromatic carbocycles. The summed E-state index contributed by atoms with van der Waals surface area (Å²) in [6, 6.07) is 12.8. The smallest absolute Gasteiger partial charge is 0.124 e. The van der Waals surface area contributed by atoms with Gasteiger partial charge in [0.05, 0.1) is 6.61 Å². The molecule has 2 heteroatoms. The van der Waals surface area contributed by atoms with Crippen molar-refractivity contribution in [3.63, 3.8) is 0 Å². The topological polar surface area (TPSA) is 21.3 Å². The van der Waals surface area contributed by atoms with Crippen LogP contribution in [-0.4, -0.2) is 13.2 Å². The highest BCUT2D eigenvalue weighted by Gasteiger charge is 2.12. The van der Waals surface area contributed by atoms with Gasteiger partial charge < -0.3 is 10.1 Å². The van der Waals surface area contributed by atoms with Crippen molar-refractivity contribution in [1.29, 1.82) is 0 Å². The Morgan fingerprint density at radius 1 is 1.05 bits per heavy atom. The number of benzene rings is 2. The third-order valence-electron chi connectivity index (χ3n) is 3.42. The molecule has 2 nitrogen and oxygen atoms in total. The number of hydrogen-bond acceptors (Lipinski definition) is 2. The summed E-state index contributed by atoms with van der Waals surface area (Å²) in [5, 5.41) is 6.13. The third kappa shape index (κ3) is 4.47. The Morgan fingerprint density at radius 3 is 2.52 bits per heavy atom. The molecule has 0 amide bonds. The summed E-state index contributed by atoms with van der Waals surface area (Å²) in [5.41, 5.74) is 1.56. The zero-order valence-corrected chi connectivity index (χ0v) is 13.7. The minimum atomic E-state index is 0.287. The fraction of sp³-hybridized carbons (Fsp3) is 0.474. The quantitative estimate of drug-likeness (QED) is 0.826. The van der Waals surface area contributed by atoms with E-state index in [1.54, 1.807) is 0 Å². The van der Waals surface area contributed by atoms with E-state index in [-0.39, 0.29) is 5.41 Å². The van der Waals surface area contributed by atoms with E-state index in [1.807, 2.05) is 0 Å². The molecule has 0 aliphatic carbocycles. The van der Waals surface area contributed by atoms with Crippen LogP contribution in [0.4, 0.5) is 0 Å². The first-order chi connectivity index (χ1) is 10.0. The first-order valence-electron chi connectivity index (χ1n) is 7.85. The summed E-state index contributed by atoms with van der Waals surface area (Å²) in [4.78, 5) is 0. The molecule has 0 saturated heterocycles. The van der Waals surface area contributed by atoms with Gasteiger partial charge in [-0.05, 0) is 28.7 Å². The molecular weight excluding hydrogens is 258 g/mol. The van der Waals surface area contributed by atoms with Gasteiger partial charge in [0.15, 0.2) is 0 Å². The van der Waals surface area contributed by atoms with Crippen molar-refractivity contribution in [2.75, 3.05) is 13.2 Å². The van der Waals surface area contributed by atoms with Crippen molar-refractivity contribution in [1.82, 2.24) is 5.32 Å². The molecule has 0 fully saturated rings. The highest BCUT2D eigenvalue weighted by Crippen LogP contribution is 2.28. The van der Waals surface area contributed by atoms with Gasteiger partial charge in [0, 0.05) is 18.7 Å². The standard InChI is InChI=1S/C19H27NO/c1-5-12-21-18-11-10-15-8-6-7-9-16(15)17(18)13-20-14-19(2,3)4/h6-11,20H,5,12-14H2,1-4H3. The van der Waals surface area contributed by atoms with Gasteiger partial charge in [-0.25, -0.2) is 0 Å². The van der Waals surface area contributed by atoms with Gasteiger partial charge in [-0.15, -0.1) is 0 Å². The monoisotopic (exact) mass is 285 g/mol. The lowest BCUT2D eigenvalue weighted by Crippen LogP contribution is -2.26. The molecular formula is C19H27NO. The van der Waals surface area contributed by atoms with E-state index >= 15 is 0 Å². The molecule has 0 radical (unpaired) electrons. The van der Waals surface area contributed by atoms with E-state index in [0.29, 0.717) is 0 Å². The molecule has 0 aliphatic heterocycles. The van der Waals surface area contributed by atoms with E-state index in [2.05, 4.69) is 69.4 Å². The zero-order valence-electron chi connectivity index (χ0n) is 13.7. The van der Waals surface area contributed by atoms with Gasteiger partial charge in [0.1, 0.15) is 5.75 Å². The number of hydrogen-bond donors (Lipinski definition) is 1. The first-order valence-corrected chi connectivity index (χ1v) is 7.85. The lowest BCUT2D eigenvalue weighted by molar-refractivity contribution is 0.312. The van der Waals surface area contributed by atoms with Crippen LogP contribution in [0.15, 0.2) is 36.4 Å². The van der Waals surface area contributed by atoms with E-state index in [0.717, 1.165) is 31.9 Å². The van der Waals surface area contributed by atoms with E-state index in [1.165, 1.54) is 16.3 Å². The maximum absolute atomic E-state index is 5.94. The van der Waals surface area contributed by atoms with Crippen LogP contribution in [0.1, 0.15) is 39.7 Å². The maximum Gasteiger partial charge on any atom is 0.124 e. The predicted molar refractivity (Wildman–Crippen MR) is 90.9 cm³/mol. The van der Waals surface area contributed by atoms with Crippen molar-refractivity contribution in [3.8, 4) is 5.75 Å². The molecule has 0 aliphatic rings. The molecule has 0 atom stereocenters.